The SMILES string of the molecule is CCCn1c(-c2cc(OC)ccc2O)nc2ccccc21. The number of fused-ring (bicyclic) bond motifs is 1. The molecule has 3 aromatic rings. The first kappa shape index (κ1) is 13.5. The Hall–Kier alpha value is -2.49. The van der Waals surface area contributed by atoms with Crippen LogP contribution in [0.15, 0.2) is 42.5 Å². The topological polar surface area (TPSA) is 47.3 Å². The normalized spacial score (nSPS) is 11.0. The van der Waals surface area contributed by atoms with Gasteiger partial charge in [-0.15, -0.1) is 0 Å². The van der Waals surface area contributed by atoms with Crippen LogP contribution in [0.2, 0.25) is 0 Å². The summed E-state index contributed by atoms with van der Waals surface area (Å²) in [5.74, 6) is 1.69. The molecule has 0 aliphatic carbocycles. The third-order valence-electron chi connectivity index (χ3n) is 3.55. The molecule has 4 heteroatoms. The van der Waals surface area contributed by atoms with Gasteiger partial charge in [-0.1, -0.05) is 19.1 Å². The molecule has 0 bridgehead atoms. The first-order valence-corrected chi connectivity index (χ1v) is 7.07. The lowest BCUT2D eigenvalue weighted by Crippen LogP contribution is -2.00. The molecule has 3 rings (SSSR count). The van der Waals surface area contributed by atoms with Gasteiger partial charge in [0.2, 0.25) is 0 Å². The molecule has 1 heterocycles. The number of methoxy groups -OCH3 is 1. The van der Waals surface area contributed by atoms with Gasteiger partial charge in [0, 0.05) is 6.54 Å². The summed E-state index contributed by atoms with van der Waals surface area (Å²) in [6.45, 7) is 2.98. The maximum Gasteiger partial charge on any atom is 0.145 e. The van der Waals surface area contributed by atoms with E-state index >= 15 is 0 Å². The lowest BCUT2D eigenvalue weighted by Gasteiger charge is -2.10. The highest BCUT2D eigenvalue weighted by Crippen LogP contribution is 2.34. The third kappa shape index (κ3) is 2.33. The molecular formula is C17H18N2O2. The third-order valence-corrected chi connectivity index (χ3v) is 3.55. The largest absolute Gasteiger partial charge is 0.507 e. The van der Waals surface area contributed by atoms with E-state index in [-0.39, 0.29) is 5.75 Å². The molecule has 2 aromatic carbocycles. The number of aromatic hydroxyl groups is 1. The quantitative estimate of drug-likeness (QED) is 0.791. The molecule has 4 nitrogen and oxygen atoms in total. The Balaban J connectivity index is 2.26. The van der Waals surface area contributed by atoms with Gasteiger partial charge in [0.15, 0.2) is 0 Å². The van der Waals surface area contributed by atoms with Crippen molar-refractivity contribution in [3.05, 3.63) is 42.5 Å². The standard InChI is InChI=1S/C17H18N2O2/c1-3-10-19-15-7-5-4-6-14(15)18-17(19)13-11-12(21-2)8-9-16(13)20/h4-9,11,20H,3,10H2,1-2H3. The number of ether oxygens (including phenoxy) is 1. The fourth-order valence-electron chi connectivity index (χ4n) is 2.55. The van der Waals surface area contributed by atoms with Gasteiger partial charge >= 0.3 is 0 Å². The number of aromatic nitrogens is 2. The highest BCUT2D eigenvalue weighted by atomic mass is 16.5. The maximum atomic E-state index is 10.2. The highest BCUT2D eigenvalue weighted by Gasteiger charge is 2.15. The van der Waals surface area contributed by atoms with Crippen LogP contribution in [0.3, 0.4) is 0 Å². The summed E-state index contributed by atoms with van der Waals surface area (Å²) < 4.78 is 7.40. The molecule has 0 atom stereocenters. The predicted octanol–water partition coefficient (Wildman–Crippen LogP) is 3.83. The van der Waals surface area contributed by atoms with Gasteiger partial charge in [0.25, 0.3) is 0 Å². The van der Waals surface area contributed by atoms with E-state index in [0.717, 1.165) is 29.8 Å². The molecule has 0 aliphatic heterocycles. The zero-order chi connectivity index (χ0) is 14.8. The molecule has 21 heavy (non-hydrogen) atoms. The van der Waals surface area contributed by atoms with Crippen molar-refractivity contribution < 1.29 is 9.84 Å². The fraction of sp³-hybridized carbons (Fsp3) is 0.235. The molecular weight excluding hydrogens is 264 g/mol. The van der Waals surface area contributed by atoms with E-state index in [9.17, 15) is 5.11 Å². The van der Waals surface area contributed by atoms with Crippen molar-refractivity contribution in [2.75, 3.05) is 7.11 Å². The lowest BCUT2D eigenvalue weighted by atomic mass is 10.1. The summed E-state index contributed by atoms with van der Waals surface area (Å²) in [7, 11) is 1.62. The predicted molar refractivity (Wildman–Crippen MR) is 83.7 cm³/mol. The van der Waals surface area contributed by atoms with E-state index < -0.39 is 0 Å². The van der Waals surface area contributed by atoms with Gasteiger partial charge in [0.05, 0.1) is 23.7 Å². The number of phenols is 1. The first-order valence-electron chi connectivity index (χ1n) is 7.07. The minimum atomic E-state index is 0.212. The van der Waals surface area contributed by atoms with Gasteiger partial charge in [0.1, 0.15) is 17.3 Å². The molecule has 0 aliphatic rings. The van der Waals surface area contributed by atoms with Crippen LogP contribution < -0.4 is 4.74 Å². The smallest absolute Gasteiger partial charge is 0.145 e. The number of hydrogen-bond acceptors (Lipinski definition) is 3. The summed E-state index contributed by atoms with van der Waals surface area (Å²) >= 11 is 0. The monoisotopic (exact) mass is 282 g/mol. The molecule has 0 amide bonds. The van der Waals surface area contributed by atoms with Crippen molar-refractivity contribution in [3.8, 4) is 22.9 Å². The molecule has 0 saturated heterocycles. The number of phenolic OH excluding ortho intramolecular Hbond substituents is 1. The van der Waals surface area contributed by atoms with Crippen LogP contribution in [0.5, 0.6) is 11.5 Å². The molecule has 0 spiro atoms. The number of imidazole rings is 1. The van der Waals surface area contributed by atoms with Crippen molar-refractivity contribution >= 4 is 11.0 Å². The Morgan fingerprint density at radius 2 is 2.00 bits per heavy atom. The van der Waals surface area contributed by atoms with Crippen molar-refractivity contribution in [2.45, 2.75) is 19.9 Å². The average molecular weight is 282 g/mol. The second kappa shape index (κ2) is 5.48. The van der Waals surface area contributed by atoms with Gasteiger partial charge < -0.3 is 14.4 Å². The number of rotatable bonds is 4. The lowest BCUT2D eigenvalue weighted by molar-refractivity contribution is 0.412. The Morgan fingerprint density at radius 3 is 2.76 bits per heavy atom. The molecule has 1 N–H and O–H groups in total. The van der Waals surface area contributed by atoms with Crippen molar-refractivity contribution in [2.24, 2.45) is 0 Å². The molecule has 0 fully saturated rings. The van der Waals surface area contributed by atoms with E-state index in [2.05, 4.69) is 22.5 Å². The maximum absolute atomic E-state index is 10.2. The average Bonchev–Trinajstić information content (AvgIpc) is 2.87. The summed E-state index contributed by atoms with van der Waals surface area (Å²) in [5.41, 5.74) is 2.71. The zero-order valence-electron chi connectivity index (χ0n) is 12.2. The Labute approximate surface area is 123 Å². The van der Waals surface area contributed by atoms with E-state index in [4.69, 9.17) is 4.74 Å². The Kier molecular flexibility index (Phi) is 3.52. The van der Waals surface area contributed by atoms with E-state index in [1.807, 2.05) is 24.3 Å². The molecule has 1 aromatic heterocycles. The Morgan fingerprint density at radius 1 is 1.19 bits per heavy atom. The van der Waals surface area contributed by atoms with Gasteiger partial charge in [-0.25, -0.2) is 4.98 Å². The van der Waals surface area contributed by atoms with Crippen molar-refractivity contribution in [1.29, 1.82) is 0 Å². The second-order valence-electron chi connectivity index (χ2n) is 4.96. The van der Waals surface area contributed by atoms with Crippen LogP contribution >= 0.6 is 0 Å². The van der Waals surface area contributed by atoms with Gasteiger partial charge in [-0.2, -0.15) is 0 Å². The Bertz CT molecular complexity index is 778. The molecule has 0 radical (unpaired) electrons. The number of aryl methyl sites for hydroxylation is 1. The summed E-state index contributed by atoms with van der Waals surface area (Å²) in [6.07, 6.45) is 0.998. The number of nitrogens with zero attached hydrogens (tertiary/aromatic N) is 2. The van der Waals surface area contributed by atoms with Crippen LogP contribution in [0.25, 0.3) is 22.4 Å². The minimum absolute atomic E-state index is 0.212. The number of benzene rings is 2. The van der Waals surface area contributed by atoms with Crippen molar-refractivity contribution in [3.63, 3.8) is 0 Å². The minimum Gasteiger partial charge on any atom is -0.507 e. The second-order valence-corrected chi connectivity index (χ2v) is 4.96. The number of hydrogen-bond donors (Lipinski definition) is 1. The fourth-order valence-corrected chi connectivity index (χ4v) is 2.55. The highest BCUT2D eigenvalue weighted by molar-refractivity contribution is 5.82. The van der Waals surface area contributed by atoms with Crippen LogP contribution in [-0.2, 0) is 6.54 Å². The van der Waals surface area contributed by atoms with Crippen LogP contribution in [-0.4, -0.2) is 21.8 Å². The van der Waals surface area contributed by atoms with E-state index in [0.29, 0.717) is 11.3 Å². The molecule has 0 saturated carbocycles. The summed E-state index contributed by atoms with van der Waals surface area (Å²) in [5, 5.41) is 10.2. The zero-order valence-corrected chi connectivity index (χ0v) is 12.2. The van der Waals surface area contributed by atoms with Gasteiger partial charge in [-0.3, -0.25) is 0 Å². The summed E-state index contributed by atoms with van der Waals surface area (Å²) in [4.78, 5) is 4.69. The van der Waals surface area contributed by atoms with Crippen LogP contribution in [0, 0.1) is 0 Å². The molecule has 0 unspecified atom stereocenters. The first-order chi connectivity index (χ1) is 10.2. The van der Waals surface area contributed by atoms with E-state index in [1.54, 1.807) is 19.2 Å². The van der Waals surface area contributed by atoms with Crippen LogP contribution in [0.4, 0.5) is 0 Å². The number of para-hydroxylation sites is 2. The van der Waals surface area contributed by atoms with Crippen molar-refractivity contribution in [1.82, 2.24) is 9.55 Å². The van der Waals surface area contributed by atoms with Crippen LogP contribution in [0.1, 0.15) is 13.3 Å². The molecule has 108 valence electrons. The summed E-state index contributed by atoms with van der Waals surface area (Å²) in [6, 6.07) is 13.2. The van der Waals surface area contributed by atoms with E-state index in [1.165, 1.54) is 0 Å². The van der Waals surface area contributed by atoms with Gasteiger partial charge in [-0.05, 0) is 36.8 Å².